The summed E-state index contributed by atoms with van der Waals surface area (Å²) in [6.45, 7) is 15.5. The van der Waals surface area contributed by atoms with Crippen molar-refractivity contribution < 1.29 is 32.2 Å². The van der Waals surface area contributed by atoms with Gasteiger partial charge in [-0.2, -0.15) is 13.2 Å². The van der Waals surface area contributed by atoms with E-state index >= 15 is 0 Å². The lowest BCUT2D eigenvalue weighted by atomic mass is 9.90. The van der Waals surface area contributed by atoms with Gasteiger partial charge in [-0.1, -0.05) is 39.2 Å². The number of alkyl halides is 3. The van der Waals surface area contributed by atoms with Gasteiger partial charge in [0.15, 0.2) is 0 Å². The van der Waals surface area contributed by atoms with Crippen LogP contribution in [0.3, 0.4) is 0 Å². The molecule has 8 nitrogen and oxygen atoms in total. The van der Waals surface area contributed by atoms with Crippen LogP contribution in [0.1, 0.15) is 109 Å². The Morgan fingerprint density at radius 1 is 0.885 bits per heavy atom. The maximum Gasteiger partial charge on any atom is 0.416 e. The number of nitrogens with one attached hydrogen (secondary N) is 1. The summed E-state index contributed by atoms with van der Waals surface area (Å²) in [6.07, 6.45) is 6.05. The van der Waals surface area contributed by atoms with Crippen molar-refractivity contribution >= 4 is 24.5 Å². The monoisotopic (exact) mass is 748 g/mol. The first-order valence-corrected chi connectivity index (χ1v) is 19.9. The minimum absolute atomic E-state index is 0.117. The van der Waals surface area contributed by atoms with Crippen LogP contribution in [0.5, 0.6) is 5.75 Å². The molecular formula is C40H59F3N4O4S. The molecule has 290 valence electrons. The number of nitrogens with zero attached hydrogens (tertiary/aromatic N) is 3. The van der Waals surface area contributed by atoms with Gasteiger partial charge in [-0.3, -0.25) is 9.69 Å². The number of amides is 2. The van der Waals surface area contributed by atoms with Gasteiger partial charge < -0.3 is 19.7 Å². The summed E-state index contributed by atoms with van der Waals surface area (Å²) in [7, 11) is 0. The van der Waals surface area contributed by atoms with Gasteiger partial charge in [0.25, 0.3) is 0 Å². The molecule has 1 N–H and O–H groups in total. The van der Waals surface area contributed by atoms with Gasteiger partial charge in [-0.25, -0.2) is 9.10 Å². The van der Waals surface area contributed by atoms with E-state index in [1.807, 2.05) is 34.6 Å². The number of hydrogen-bond donors (Lipinski definition) is 1. The molecule has 4 aliphatic rings. The molecule has 2 aromatic carbocycles. The zero-order chi connectivity index (χ0) is 37.7. The molecule has 2 heterocycles. The van der Waals surface area contributed by atoms with Crippen LogP contribution in [-0.4, -0.2) is 84.1 Å². The van der Waals surface area contributed by atoms with Crippen molar-refractivity contribution in [2.75, 3.05) is 45.9 Å². The molecule has 1 unspecified atom stereocenters. The molecule has 3 fully saturated rings. The average molecular weight is 749 g/mol. The number of fused-ring (bicyclic) bond motifs is 1. The third-order valence-electron chi connectivity index (χ3n) is 9.90. The fraction of sp³-hybridized carbons (Fsp3) is 0.650. The summed E-state index contributed by atoms with van der Waals surface area (Å²) < 4.78 is 52.7. The predicted octanol–water partition coefficient (Wildman–Crippen LogP) is 9.13. The number of aryl methyl sites for hydroxylation is 1. The largest absolute Gasteiger partial charge is 0.493 e. The molecule has 2 amide bonds. The summed E-state index contributed by atoms with van der Waals surface area (Å²) in [5, 5.41) is 2.82. The second kappa shape index (κ2) is 19.9. The molecule has 0 spiro atoms. The van der Waals surface area contributed by atoms with Crippen LogP contribution in [0.15, 0.2) is 47.4 Å². The maximum atomic E-state index is 13.0. The molecule has 2 saturated heterocycles. The molecule has 2 aliphatic carbocycles. The first-order chi connectivity index (χ1) is 24.9. The van der Waals surface area contributed by atoms with E-state index in [1.54, 1.807) is 22.9 Å². The van der Waals surface area contributed by atoms with Crippen molar-refractivity contribution in [2.24, 2.45) is 5.92 Å². The fourth-order valence-electron chi connectivity index (χ4n) is 7.19. The number of hydrogen-bond acceptors (Lipinski definition) is 7. The number of halogens is 3. The Labute approximate surface area is 313 Å². The normalized spacial score (nSPS) is 20.5. The number of carbonyl (C=O) groups excluding carboxylic acids is 2. The maximum absolute atomic E-state index is 13.0. The minimum Gasteiger partial charge on any atom is -0.493 e. The van der Waals surface area contributed by atoms with E-state index in [0.29, 0.717) is 19.0 Å². The van der Waals surface area contributed by atoms with Crippen LogP contribution in [0.2, 0.25) is 0 Å². The molecule has 52 heavy (non-hydrogen) atoms. The first kappa shape index (κ1) is 41.8. The van der Waals surface area contributed by atoms with Gasteiger partial charge in [-0.05, 0) is 125 Å². The summed E-state index contributed by atoms with van der Waals surface area (Å²) in [4.78, 5) is 27.3. The molecule has 2 aromatic rings. The SMILES string of the molecule is CC.CC(C)(C)OC(=O)NC1CCN(C=O)CC1.FC(F)(F)c1ccc2c(c1)CCC2N1CCN(Sc2ccc(OCC3CCCCC3)cc2)CC1. The van der Waals surface area contributed by atoms with E-state index in [4.69, 9.17) is 9.47 Å². The lowest BCUT2D eigenvalue weighted by molar-refractivity contribution is -0.137. The smallest absolute Gasteiger partial charge is 0.416 e. The van der Waals surface area contributed by atoms with Gasteiger partial charge >= 0.3 is 12.3 Å². The lowest BCUT2D eigenvalue weighted by Crippen LogP contribution is -2.45. The van der Waals surface area contributed by atoms with Crippen LogP contribution >= 0.6 is 11.9 Å². The molecule has 1 atom stereocenters. The number of ether oxygens (including phenoxy) is 2. The highest BCUT2D eigenvalue weighted by molar-refractivity contribution is 7.97. The summed E-state index contributed by atoms with van der Waals surface area (Å²) in [5.41, 5.74) is 0.951. The van der Waals surface area contributed by atoms with E-state index < -0.39 is 17.3 Å². The molecule has 12 heteroatoms. The summed E-state index contributed by atoms with van der Waals surface area (Å²) >= 11 is 1.78. The number of rotatable bonds is 8. The molecule has 0 bridgehead atoms. The Hall–Kier alpha value is -2.96. The second-order valence-corrected chi connectivity index (χ2v) is 16.0. The van der Waals surface area contributed by atoms with E-state index in [0.717, 1.165) is 81.8 Å². The molecule has 0 aromatic heterocycles. The zero-order valence-electron chi connectivity index (χ0n) is 31.7. The zero-order valence-corrected chi connectivity index (χ0v) is 32.5. The molecule has 0 radical (unpaired) electrons. The third kappa shape index (κ3) is 13.2. The minimum atomic E-state index is -4.27. The number of piperazine rings is 1. The van der Waals surface area contributed by atoms with E-state index in [1.165, 1.54) is 49.1 Å². The van der Waals surface area contributed by atoms with Crippen molar-refractivity contribution in [1.29, 1.82) is 0 Å². The van der Waals surface area contributed by atoms with Gasteiger partial charge in [-0.15, -0.1) is 0 Å². The number of alkyl carbamates (subject to hydrolysis) is 1. The third-order valence-corrected chi connectivity index (χ3v) is 11.0. The average Bonchev–Trinajstić information content (AvgIpc) is 3.56. The Bertz CT molecular complexity index is 1380. The fourth-order valence-corrected chi connectivity index (χ4v) is 8.10. The number of benzene rings is 2. The second-order valence-electron chi connectivity index (χ2n) is 14.9. The molecular weight excluding hydrogens is 690 g/mol. The van der Waals surface area contributed by atoms with Gasteiger partial charge in [0.1, 0.15) is 11.4 Å². The lowest BCUT2D eigenvalue weighted by Gasteiger charge is -2.37. The van der Waals surface area contributed by atoms with Crippen LogP contribution in [-0.2, 0) is 22.1 Å². The summed E-state index contributed by atoms with van der Waals surface area (Å²) in [5.74, 6) is 1.66. The van der Waals surface area contributed by atoms with Crippen LogP contribution in [0.4, 0.5) is 18.0 Å². The van der Waals surface area contributed by atoms with Crippen molar-refractivity contribution in [3.63, 3.8) is 0 Å². The Morgan fingerprint density at radius 2 is 1.54 bits per heavy atom. The topological polar surface area (TPSA) is 74.4 Å². The molecule has 6 rings (SSSR count). The van der Waals surface area contributed by atoms with Crippen molar-refractivity contribution in [2.45, 2.75) is 121 Å². The van der Waals surface area contributed by atoms with Crippen molar-refractivity contribution in [3.05, 3.63) is 59.2 Å². The highest BCUT2D eigenvalue weighted by Gasteiger charge is 2.35. The highest BCUT2D eigenvalue weighted by atomic mass is 32.2. The standard InChI is InChI=1S/C27H33F3N2OS.C11H20N2O3.C2H6/c28-27(29,30)22-7-12-25-21(18-22)6-13-26(25)31-14-16-32(17-15-31)34-24-10-8-23(9-11-24)33-19-20-4-2-1-3-5-20;1-11(2,3)16-10(15)12-9-4-6-13(8-14)7-5-9;1-2/h7-12,18,20,26H,1-6,13-17,19H2;8-9H,4-7H2,1-3H3,(H,12,15);1-2H3. The van der Waals surface area contributed by atoms with Crippen LogP contribution < -0.4 is 10.1 Å². The number of piperidine rings is 1. The van der Waals surface area contributed by atoms with Gasteiger partial charge in [0.05, 0.1) is 12.2 Å². The van der Waals surface area contributed by atoms with E-state index in [2.05, 4.69) is 38.8 Å². The highest BCUT2D eigenvalue weighted by Crippen LogP contribution is 2.40. The Balaban J connectivity index is 0.000000283. The summed E-state index contributed by atoms with van der Waals surface area (Å²) in [6, 6.07) is 13.1. The quantitative estimate of drug-likeness (QED) is 0.213. The van der Waals surface area contributed by atoms with Crippen molar-refractivity contribution in [3.8, 4) is 5.75 Å². The van der Waals surface area contributed by atoms with E-state index in [-0.39, 0.29) is 18.2 Å². The molecule has 1 saturated carbocycles. The van der Waals surface area contributed by atoms with Crippen LogP contribution in [0, 0.1) is 5.92 Å². The number of likely N-dealkylation sites (tertiary alicyclic amines) is 1. The first-order valence-electron chi connectivity index (χ1n) is 19.1. The Morgan fingerprint density at radius 3 is 2.13 bits per heavy atom. The molecule has 2 aliphatic heterocycles. The number of carbonyl (C=O) groups is 2. The van der Waals surface area contributed by atoms with Crippen molar-refractivity contribution in [1.82, 2.24) is 19.4 Å². The van der Waals surface area contributed by atoms with Gasteiger partial charge in [0, 0.05) is 56.2 Å². The van der Waals surface area contributed by atoms with Gasteiger partial charge in [0.2, 0.25) is 6.41 Å². The van der Waals surface area contributed by atoms with E-state index in [9.17, 15) is 22.8 Å². The van der Waals surface area contributed by atoms with Crippen LogP contribution in [0.25, 0.3) is 0 Å². The predicted molar refractivity (Wildman–Crippen MR) is 201 cm³/mol. The Kier molecular flexibility index (Phi) is 16.0.